The van der Waals surface area contributed by atoms with Gasteiger partial charge in [-0.2, -0.15) is 5.26 Å². The first-order chi connectivity index (χ1) is 9.45. The molecule has 1 heterocycles. The summed E-state index contributed by atoms with van der Waals surface area (Å²) in [7, 11) is 0. The average molecular weight is 284 g/mol. The number of nitrogens with zero attached hydrogens (tertiary/aromatic N) is 2. The van der Waals surface area contributed by atoms with Crippen LogP contribution in [-0.4, -0.2) is 4.98 Å². The molecule has 0 spiro atoms. The van der Waals surface area contributed by atoms with Gasteiger partial charge in [-0.05, 0) is 17.4 Å². The van der Waals surface area contributed by atoms with E-state index in [1.807, 2.05) is 0 Å². The predicted octanol–water partition coefficient (Wildman–Crippen LogP) is 4.74. The third-order valence-corrected chi connectivity index (χ3v) is 4.50. The Morgan fingerprint density at radius 2 is 1.85 bits per heavy atom. The fourth-order valence-corrected chi connectivity index (χ4v) is 3.19. The molecule has 0 radical (unpaired) electrons. The second-order valence-electron chi connectivity index (χ2n) is 5.90. The summed E-state index contributed by atoms with van der Waals surface area (Å²) < 4.78 is 0. The number of aromatic nitrogens is 1. The maximum absolute atomic E-state index is 8.87. The highest BCUT2D eigenvalue weighted by molar-refractivity contribution is 7.15. The van der Waals surface area contributed by atoms with Gasteiger partial charge in [-0.25, -0.2) is 4.98 Å². The van der Waals surface area contributed by atoms with E-state index in [-0.39, 0.29) is 5.41 Å². The number of nitriles is 1. The third-order valence-electron chi connectivity index (χ3n) is 3.35. The van der Waals surface area contributed by atoms with Gasteiger partial charge in [-0.1, -0.05) is 52.0 Å². The first-order valence-corrected chi connectivity index (χ1v) is 7.73. The summed E-state index contributed by atoms with van der Waals surface area (Å²) in [5, 5.41) is 9.90. The summed E-state index contributed by atoms with van der Waals surface area (Å²) in [4.78, 5) is 5.78. The number of hydrogen-bond acceptors (Lipinski definition) is 3. The van der Waals surface area contributed by atoms with Crippen molar-refractivity contribution in [3.63, 3.8) is 0 Å². The lowest BCUT2D eigenvalue weighted by atomic mass is 9.87. The monoisotopic (exact) mass is 284 g/mol. The van der Waals surface area contributed by atoms with E-state index in [0.29, 0.717) is 6.42 Å². The summed E-state index contributed by atoms with van der Waals surface area (Å²) in [6.07, 6.45) is 1.34. The second-order valence-corrected chi connectivity index (χ2v) is 6.99. The molecule has 0 atom stereocenters. The quantitative estimate of drug-likeness (QED) is 0.816. The molecule has 0 amide bonds. The molecule has 0 aliphatic rings. The van der Waals surface area contributed by atoms with Crippen LogP contribution in [0.4, 0.5) is 0 Å². The molecule has 104 valence electrons. The summed E-state index contributed by atoms with van der Waals surface area (Å²) in [5.74, 6) is 0. The second kappa shape index (κ2) is 5.76. The standard InChI is InChI=1S/C17H20N2S/c1-5-14-15(10-11-18)20-16(19-14)12-6-8-13(9-7-12)17(2,3)4/h6-9H,5,10H2,1-4H3. The maximum atomic E-state index is 8.87. The van der Waals surface area contributed by atoms with Gasteiger partial charge in [-0.15, -0.1) is 11.3 Å². The molecule has 2 rings (SSSR count). The van der Waals surface area contributed by atoms with Gasteiger partial charge in [0.05, 0.1) is 18.2 Å². The molecule has 0 fully saturated rings. The van der Waals surface area contributed by atoms with Crippen molar-refractivity contribution >= 4 is 11.3 Å². The van der Waals surface area contributed by atoms with Crippen LogP contribution in [0.1, 0.15) is 43.8 Å². The maximum Gasteiger partial charge on any atom is 0.123 e. The van der Waals surface area contributed by atoms with Gasteiger partial charge in [0.1, 0.15) is 5.01 Å². The van der Waals surface area contributed by atoms with Crippen LogP contribution < -0.4 is 0 Å². The van der Waals surface area contributed by atoms with Crippen molar-refractivity contribution in [3.05, 3.63) is 40.4 Å². The highest BCUT2D eigenvalue weighted by atomic mass is 32.1. The zero-order valence-corrected chi connectivity index (χ0v) is 13.3. The Hall–Kier alpha value is -1.66. The zero-order chi connectivity index (χ0) is 14.8. The van der Waals surface area contributed by atoms with Crippen molar-refractivity contribution in [1.29, 1.82) is 5.26 Å². The Kier molecular flexibility index (Phi) is 4.25. The molecular formula is C17H20N2S. The summed E-state index contributed by atoms with van der Waals surface area (Å²) in [6.45, 7) is 8.73. The number of aryl methyl sites for hydroxylation is 1. The minimum atomic E-state index is 0.169. The van der Waals surface area contributed by atoms with Crippen LogP contribution in [0.2, 0.25) is 0 Å². The van der Waals surface area contributed by atoms with Gasteiger partial charge in [-0.3, -0.25) is 0 Å². The minimum absolute atomic E-state index is 0.169. The normalized spacial score (nSPS) is 11.3. The molecule has 0 unspecified atom stereocenters. The number of hydrogen-bond donors (Lipinski definition) is 0. The van der Waals surface area contributed by atoms with E-state index in [2.05, 4.69) is 63.0 Å². The van der Waals surface area contributed by atoms with Crippen molar-refractivity contribution < 1.29 is 0 Å². The van der Waals surface area contributed by atoms with E-state index in [1.54, 1.807) is 11.3 Å². The van der Waals surface area contributed by atoms with Crippen LogP contribution in [0, 0.1) is 11.3 Å². The van der Waals surface area contributed by atoms with Crippen molar-refractivity contribution in [2.45, 2.75) is 46.0 Å². The zero-order valence-electron chi connectivity index (χ0n) is 12.5. The van der Waals surface area contributed by atoms with E-state index < -0.39 is 0 Å². The van der Waals surface area contributed by atoms with E-state index >= 15 is 0 Å². The molecule has 2 aromatic rings. The van der Waals surface area contributed by atoms with Gasteiger partial charge in [0.25, 0.3) is 0 Å². The van der Waals surface area contributed by atoms with Crippen molar-refractivity contribution in [3.8, 4) is 16.6 Å². The van der Waals surface area contributed by atoms with Crippen molar-refractivity contribution in [2.75, 3.05) is 0 Å². The Balaban J connectivity index is 2.35. The number of rotatable bonds is 3. The first-order valence-electron chi connectivity index (χ1n) is 6.92. The molecule has 0 aliphatic carbocycles. The molecule has 0 aliphatic heterocycles. The summed E-state index contributed by atoms with van der Waals surface area (Å²) >= 11 is 1.64. The Bertz CT molecular complexity index is 624. The van der Waals surface area contributed by atoms with Crippen LogP contribution in [0.5, 0.6) is 0 Å². The molecule has 0 N–H and O–H groups in total. The fraction of sp³-hybridized carbons (Fsp3) is 0.412. The number of thiazole rings is 1. The molecule has 3 heteroatoms. The molecule has 0 saturated heterocycles. The highest BCUT2D eigenvalue weighted by Crippen LogP contribution is 2.31. The van der Waals surface area contributed by atoms with E-state index in [0.717, 1.165) is 27.6 Å². The molecule has 1 aromatic carbocycles. The van der Waals surface area contributed by atoms with E-state index in [9.17, 15) is 0 Å². The predicted molar refractivity (Wildman–Crippen MR) is 84.9 cm³/mol. The Morgan fingerprint density at radius 3 is 2.35 bits per heavy atom. The van der Waals surface area contributed by atoms with Crippen LogP contribution >= 0.6 is 11.3 Å². The third kappa shape index (κ3) is 3.08. The van der Waals surface area contributed by atoms with Gasteiger partial charge >= 0.3 is 0 Å². The van der Waals surface area contributed by atoms with Crippen molar-refractivity contribution in [2.24, 2.45) is 0 Å². The smallest absolute Gasteiger partial charge is 0.123 e. The van der Waals surface area contributed by atoms with Crippen molar-refractivity contribution in [1.82, 2.24) is 4.98 Å². The van der Waals surface area contributed by atoms with Gasteiger partial charge in [0.15, 0.2) is 0 Å². The molecular weight excluding hydrogens is 264 g/mol. The average Bonchev–Trinajstić information content (AvgIpc) is 2.81. The molecule has 2 nitrogen and oxygen atoms in total. The minimum Gasteiger partial charge on any atom is -0.241 e. The number of benzene rings is 1. The van der Waals surface area contributed by atoms with Crippen LogP contribution in [0.3, 0.4) is 0 Å². The molecule has 0 saturated carbocycles. The van der Waals surface area contributed by atoms with Gasteiger partial charge < -0.3 is 0 Å². The SMILES string of the molecule is CCc1nc(-c2ccc(C(C)(C)C)cc2)sc1CC#N. The molecule has 0 bridgehead atoms. The fourth-order valence-electron chi connectivity index (χ4n) is 2.11. The lowest BCUT2D eigenvalue weighted by Crippen LogP contribution is -2.10. The van der Waals surface area contributed by atoms with Gasteiger partial charge in [0.2, 0.25) is 0 Å². The molecule has 20 heavy (non-hydrogen) atoms. The summed E-state index contributed by atoms with van der Waals surface area (Å²) in [6, 6.07) is 10.8. The largest absolute Gasteiger partial charge is 0.241 e. The molecule has 1 aromatic heterocycles. The topological polar surface area (TPSA) is 36.7 Å². The van der Waals surface area contributed by atoms with Crippen LogP contribution in [0.15, 0.2) is 24.3 Å². The van der Waals surface area contributed by atoms with Crippen LogP contribution in [-0.2, 0) is 18.3 Å². The van der Waals surface area contributed by atoms with Gasteiger partial charge in [0, 0.05) is 10.4 Å². The van der Waals surface area contributed by atoms with E-state index in [1.165, 1.54) is 5.56 Å². The highest BCUT2D eigenvalue weighted by Gasteiger charge is 2.15. The van der Waals surface area contributed by atoms with E-state index in [4.69, 9.17) is 5.26 Å². The summed E-state index contributed by atoms with van der Waals surface area (Å²) in [5.41, 5.74) is 3.70. The first kappa shape index (κ1) is 14.7. The van der Waals surface area contributed by atoms with Crippen LogP contribution in [0.25, 0.3) is 10.6 Å². The Morgan fingerprint density at radius 1 is 1.20 bits per heavy atom. The Labute approximate surface area is 125 Å². The lowest BCUT2D eigenvalue weighted by Gasteiger charge is -2.18. The lowest BCUT2D eigenvalue weighted by molar-refractivity contribution is 0.590.